The van der Waals surface area contributed by atoms with Crippen LogP contribution in [0.1, 0.15) is 5.56 Å². The Balaban J connectivity index is 0.000000139. The molecule has 0 bridgehead atoms. The number of aromatic nitrogens is 3. The number of furan rings is 1. The van der Waals surface area contributed by atoms with Crippen LogP contribution in [0.4, 0.5) is 0 Å². The maximum atomic E-state index is 5.90. The number of aryl methyl sites for hydroxylation is 1. The number of rotatable bonds is 3. The zero-order valence-corrected chi connectivity index (χ0v) is 26.9. The second-order valence-electron chi connectivity index (χ2n) is 9.92. The third kappa shape index (κ3) is 8.04. The molecule has 0 saturated heterocycles. The number of hydrogen-bond acceptors (Lipinski definition) is 4. The van der Waals surface area contributed by atoms with Gasteiger partial charge >= 0.3 is 20.1 Å². The van der Waals surface area contributed by atoms with Crippen LogP contribution in [0.3, 0.4) is 0 Å². The predicted molar refractivity (Wildman–Crippen MR) is 178 cm³/mol. The minimum Gasteiger partial charge on any atom is -0.476 e. The monoisotopic (exact) mass is 759 g/mol. The van der Waals surface area contributed by atoms with Crippen molar-refractivity contribution >= 4 is 21.9 Å². The molecule has 4 heterocycles. The van der Waals surface area contributed by atoms with E-state index >= 15 is 0 Å². The van der Waals surface area contributed by atoms with E-state index in [1.165, 1.54) is 5.56 Å². The molecule has 0 fully saturated rings. The van der Waals surface area contributed by atoms with Crippen LogP contribution in [0.2, 0.25) is 0 Å². The first-order chi connectivity index (χ1) is 21.7. The number of fused-ring (bicyclic) bond motifs is 3. The number of para-hydroxylation sites is 1. The zero-order valence-electron chi connectivity index (χ0n) is 24.5. The van der Waals surface area contributed by atoms with Crippen molar-refractivity contribution in [3.8, 4) is 33.8 Å². The fourth-order valence-electron chi connectivity index (χ4n) is 4.64. The molecule has 0 amide bonds. The van der Waals surface area contributed by atoms with Crippen LogP contribution in [0, 0.1) is 25.1 Å². The molecular formula is C40H28IrN3O. The van der Waals surface area contributed by atoms with Gasteiger partial charge in [0, 0.05) is 18.6 Å². The SMILES string of the molecule is Cc1ccnc(-c2[c-]cc3c(c2)oc2ccccc23)c1.[Ir+3].[c-]1ccccc1-c1ccccn1.[c-]1ccccc1-c1ccccn1. The molecule has 45 heavy (non-hydrogen) atoms. The second-order valence-corrected chi connectivity index (χ2v) is 9.92. The van der Waals surface area contributed by atoms with Crippen molar-refractivity contribution < 1.29 is 24.5 Å². The quantitative estimate of drug-likeness (QED) is 0.169. The Labute approximate surface area is 276 Å². The molecule has 0 spiro atoms. The van der Waals surface area contributed by atoms with Crippen LogP contribution in [0.5, 0.6) is 0 Å². The zero-order chi connectivity index (χ0) is 30.0. The van der Waals surface area contributed by atoms with Crippen molar-refractivity contribution in [2.24, 2.45) is 0 Å². The second kappa shape index (κ2) is 15.5. The van der Waals surface area contributed by atoms with E-state index in [9.17, 15) is 0 Å². The molecule has 218 valence electrons. The summed E-state index contributed by atoms with van der Waals surface area (Å²) in [5, 5.41) is 2.22. The molecule has 0 saturated carbocycles. The van der Waals surface area contributed by atoms with Crippen LogP contribution >= 0.6 is 0 Å². The molecule has 5 heteroatoms. The average Bonchev–Trinajstić information content (AvgIpc) is 3.48. The summed E-state index contributed by atoms with van der Waals surface area (Å²) >= 11 is 0. The maximum Gasteiger partial charge on any atom is 3.00 e. The van der Waals surface area contributed by atoms with Crippen LogP contribution in [-0.2, 0) is 20.1 Å². The fourth-order valence-corrected chi connectivity index (χ4v) is 4.64. The molecule has 4 aromatic heterocycles. The minimum atomic E-state index is 0. The number of pyridine rings is 3. The van der Waals surface area contributed by atoms with Crippen LogP contribution < -0.4 is 0 Å². The predicted octanol–water partition coefficient (Wildman–Crippen LogP) is 9.85. The topological polar surface area (TPSA) is 51.8 Å². The van der Waals surface area contributed by atoms with E-state index in [4.69, 9.17) is 4.42 Å². The van der Waals surface area contributed by atoms with Gasteiger partial charge in [0.2, 0.25) is 0 Å². The summed E-state index contributed by atoms with van der Waals surface area (Å²) in [5.74, 6) is 0. The molecule has 8 rings (SSSR count). The Hall–Kier alpha value is -5.22. The van der Waals surface area contributed by atoms with Gasteiger partial charge in [-0.25, -0.2) is 0 Å². The smallest absolute Gasteiger partial charge is 0.476 e. The minimum absolute atomic E-state index is 0. The van der Waals surface area contributed by atoms with Gasteiger partial charge in [0.1, 0.15) is 5.58 Å². The summed E-state index contributed by atoms with van der Waals surface area (Å²) in [5.41, 5.74) is 8.88. The standard InChI is InChI=1S/C18H12NO.2C11H8N.Ir/c1-12-8-9-19-16(10-12)13-6-7-15-14-4-2-3-5-17(14)20-18(15)11-13;2*1-2-6-10(7-3-1)11-8-4-5-9-12-11;/h2-5,7-11H,1H3;2*1-6,8-9H;/q3*-1;+3. The van der Waals surface area contributed by atoms with Crippen molar-refractivity contribution in [3.63, 3.8) is 0 Å². The number of hydrogen-bond donors (Lipinski definition) is 0. The molecule has 0 unspecified atom stereocenters. The fraction of sp³-hybridized carbons (Fsp3) is 0.0250. The van der Waals surface area contributed by atoms with Crippen molar-refractivity contribution in [1.82, 2.24) is 15.0 Å². The van der Waals surface area contributed by atoms with E-state index in [1.54, 1.807) is 12.4 Å². The molecule has 8 aromatic rings. The first-order valence-corrected chi connectivity index (χ1v) is 14.3. The maximum absolute atomic E-state index is 5.90. The van der Waals surface area contributed by atoms with Gasteiger partial charge in [-0.3, -0.25) is 0 Å². The summed E-state index contributed by atoms with van der Waals surface area (Å²) < 4.78 is 5.90. The van der Waals surface area contributed by atoms with E-state index in [1.807, 2.05) is 128 Å². The molecule has 0 aliphatic carbocycles. The van der Waals surface area contributed by atoms with E-state index in [-0.39, 0.29) is 20.1 Å². The van der Waals surface area contributed by atoms with Crippen molar-refractivity contribution in [2.75, 3.05) is 0 Å². The van der Waals surface area contributed by atoms with Crippen LogP contribution in [-0.4, -0.2) is 15.0 Å². The molecule has 0 N–H and O–H groups in total. The summed E-state index contributed by atoms with van der Waals surface area (Å²) in [7, 11) is 0. The van der Waals surface area contributed by atoms with Gasteiger partial charge in [-0.2, -0.15) is 0 Å². The summed E-state index contributed by atoms with van der Waals surface area (Å²) in [4.78, 5) is 12.8. The van der Waals surface area contributed by atoms with Gasteiger partial charge in [-0.15, -0.1) is 89.5 Å². The van der Waals surface area contributed by atoms with Crippen molar-refractivity contribution in [3.05, 3.63) is 176 Å². The van der Waals surface area contributed by atoms with Gasteiger partial charge in [0.25, 0.3) is 0 Å². The Morgan fingerprint density at radius 1 is 0.489 bits per heavy atom. The van der Waals surface area contributed by atoms with Gasteiger partial charge in [0.15, 0.2) is 0 Å². The average molecular weight is 759 g/mol. The summed E-state index contributed by atoms with van der Waals surface area (Å²) in [6.07, 6.45) is 5.40. The Kier molecular flexibility index (Phi) is 10.7. The van der Waals surface area contributed by atoms with E-state index < -0.39 is 0 Å². The first-order valence-electron chi connectivity index (χ1n) is 14.3. The molecule has 0 aliphatic heterocycles. The van der Waals surface area contributed by atoms with Gasteiger partial charge < -0.3 is 19.4 Å². The Morgan fingerprint density at radius 2 is 1.09 bits per heavy atom. The normalized spacial score (nSPS) is 10.2. The molecule has 0 aliphatic rings. The van der Waals surface area contributed by atoms with Crippen molar-refractivity contribution in [1.29, 1.82) is 0 Å². The van der Waals surface area contributed by atoms with Crippen molar-refractivity contribution in [2.45, 2.75) is 6.92 Å². The summed E-state index contributed by atoms with van der Waals surface area (Å²) in [6.45, 7) is 2.06. The largest absolute Gasteiger partial charge is 3.00 e. The van der Waals surface area contributed by atoms with Gasteiger partial charge in [-0.05, 0) is 53.7 Å². The Bertz CT molecular complexity index is 1910. The molecule has 4 aromatic carbocycles. The first kappa shape index (κ1) is 31.2. The van der Waals surface area contributed by atoms with E-state index in [0.29, 0.717) is 0 Å². The number of nitrogens with zero attached hydrogens (tertiary/aromatic N) is 3. The van der Waals surface area contributed by atoms with E-state index in [2.05, 4.69) is 52.2 Å². The third-order valence-electron chi connectivity index (χ3n) is 6.80. The van der Waals surface area contributed by atoms with E-state index in [0.717, 1.165) is 55.7 Å². The third-order valence-corrected chi connectivity index (χ3v) is 6.80. The molecule has 4 nitrogen and oxygen atoms in total. The summed E-state index contributed by atoms with van der Waals surface area (Å²) in [6, 6.07) is 53.0. The molecule has 0 atom stereocenters. The number of benzene rings is 4. The van der Waals surface area contributed by atoms with Gasteiger partial charge in [0.05, 0.1) is 5.58 Å². The van der Waals surface area contributed by atoms with Crippen LogP contribution in [0.25, 0.3) is 55.7 Å². The molecule has 0 radical (unpaired) electrons. The van der Waals surface area contributed by atoms with Crippen LogP contribution in [0.15, 0.2) is 156 Å². The Morgan fingerprint density at radius 3 is 1.67 bits per heavy atom. The molecular weight excluding hydrogens is 731 g/mol. The van der Waals surface area contributed by atoms with Gasteiger partial charge in [-0.1, -0.05) is 65.5 Å².